The van der Waals surface area contributed by atoms with Crippen molar-refractivity contribution >= 4 is 11.6 Å². The average molecular weight is 276 g/mol. The van der Waals surface area contributed by atoms with E-state index >= 15 is 0 Å². The Morgan fingerprint density at radius 3 is 2.50 bits per heavy atom. The topological polar surface area (TPSA) is 63.5 Å². The fraction of sp³-hybridized carbons (Fsp3) is 0.533. The molecule has 0 aliphatic heterocycles. The highest BCUT2D eigenvalue weighted by molar-refractivity contribution is 5.78. The van der Waals surface area contributed by atoms with E-state index in [-0.39, 0.29) is 11.6 Å². The first-order valence-corrected chi connectivity index (χ1v) is 7.11. The van der Waals surface area contributed by atoms with Crippen molar-refractivity contribution < 1.29 is 9.72 Å². The number of nitro benzene ring substituents is 1. The molecule has 1 aromatic carbocycles. The van der Waals surface area contributed by atoms with Gasteiger partial charge >= 0.3 is 0 Å². The second kappa shape index (κ2) is 6.50. The molecule has 1 amide bonds. The van der Waals surface area contributed by atoms with Gasteiger partial charge in [0.05, 0.1) is 11.3 Å². The van der Waals surface area contributed by atoms with Gasteiger partial charge in [0.2, 0.25) is 5.91 Å². The van der Waals surface area contributed by atoms with Gasteiger partial charge in [-0.25, -0.2) is 0 Å². The van der Waals surface area contributed by atoms with Gasteiger partial charge in [-0.2, -0.15) is 0 Å². The predicted octanol–water partition coefficient (Wildman–Crippen LogP) is 2.79. The first kappa shape index (κ1) is 14.5. The molecule has 0 aromatic heterocycles. The zero-order chi connectivity index (χ0) is 14.5. The lowest BCUT2D eigenvalue weighted by molar-refractivity contribution is -0.384. The van der Waals surface area contributed by atoms with Crippen LogP contribution >= 0.6 is 0 Å². The van der Waals surface area contributed by atoms with E-state index in [2.05, 4.69) is 6.92 Å². The van der Waals surface area contributed by atoms with Crippen molar-refractivity contribution in [2.45, 2.75) is 32.6 Å². The van der Waals surface area contributed by atoms with E-state index in [1.54, 1.807) is 12.1 Å². The maximum atomic E-state index is 12.3. The summed E-state index contributed by atoms with van der Waals surface area (Å²) in [6.45, 7) is 3.72. The highest BCUT2D eigenvalue weighted by Crippen LogP contribution is 2.30. The molecule has 0 bridgehead atoms. The molecule has 5 nitrogen and oxygen atoms in total. The fourth-order valence-corrected chi connectivity index (χ4v) is 2.22. The van der Waals surface area contributed by atoms with Crippen LogP contribution in [0.15, 0.2) is 24.3 Å². The Morgan fingerprint density at radius 2 is 2.00 bits per heavy atom. The van der Waals surface area contributed by atoms with Crippen molar-refractivity contribution in [3.05, 3.63) is 39.9 Å². The molecule has 0 N–H and O–H groups in total. The van der Waals surface area contributed by atoms with E-state index in [0.29, 0.717) is 12.3 Å². The van der Waals surface area contributed by atoms with Crippen LogP contribution in [-0.2, 0) is 11.2 Å². The van der Waals surface area contributed by atoms with Crippen molar-refractivity contribution in [1.82, 2.24) is 4.90 Å². The van der Waals surface area contributed by atoms with Gasteiger partial charge in [0.25, 0.3) is 5.69 Å². The van der Waals surface area contributed by atoms with Crippen LogP contribution in [0.4, 0.5) is 5.69 Å². The molecule has 0 radical (unpaired) electrons. The molecule has 1 aliphatic carbocycles. The number of hydrogen-bond donors (Lipinski definition) is 0. The number of amides is 1. The van der Waals surface area contributed by atoms with E-state index in [1.165, 1.54) is 25.0 Å². The van der Waals surface area contributed by atoms with Crippen LogP contribution in [0.1, 0.15) is 31.7 Å². The number of carbonyl (C=O) groups is 1. The number of rotatable bonds is 7. The summed E-state index contributed by atoms with van der Waals surface area (Å²) in [7, 11) is 0. The number of non-ortho nitro benzene ring substituents is 1. The van der Waals surface area contributed by atoms with Crippen molar-refractivity contribution in [1.29, 1.82) is 0 Å². The Morgan fingerprint density at radius 1 is 1.35 bits per heavy atom. The van der Waals surface area contributed by atoms with Gasteiger partial charge in [-0.05, 0) is 30.7 Å². The number of benzene rings is 1. The SMILES string of the molecule is CCCN(CC1CC1)C(=O)Cc1ccc([N+](=O)[O-])cc1. The van der Waals surface area contributed by atoms with E-state index in [9.17, 15) is 14.9 Å². The van der Waals surface area contributed by atoms with Crippen LogP contribution in [0.3, 0.4) is 0 Å². The van der Waals surface area contributed by atoms with Crippen LogP contribution < -0.4 is 0 Å². The lowest BCUT2D eigenvalue weighted by Gasteiger charge is -2.22. The molecule has 0 heterocycles. The van der Waals surface area contributed by atoms with Crippen LogP contribution in [0.5, 0.6) is 0 Å². The third kappa shape index (κ3) is 4.05. The maximum absolute atomic E-state index is 12.3. The van der Waals surface area contributed by atoms with Crippen LogP contribution in [0.2, 0.25) is 0 Å². The molecule has 1 fully saturated rings. The van der Waals surface area contributed by atoms with Crippen LogP contribution in [0.25, 0.3) is 0 Å². The zero-order valence-electron chi connectivity index (χ0n) is 11.7. The third-order valence-electron chi connectivity index (χ3n) is 3.52. The van der Waals surface area contributed by atoms with Gasteiger partial charge in [-0.3, -0.25) is 14.9 Å². The largest absolute Gasteiger partial charge is 0.342 e. The molecule has 0 unspecified atom stereocenters. The van der Waals surface area contributed by atoms with Crippen molar-refractivity contribution in [3.8, 4) is 0 Å². The number of nitro groups is 1. The standard InChI is InChI=1S/C15H20N2O3/c1-2-9-16(11-13-3-4-13)15(18)10-12-5-7-14(8-6-12)17(19)20/h5-8,13H,2-4,9-11H2,1H3. The summed E-state index contributed by atoms with van der Waals surface area (Å²) in [6, 6.07) is 6.23. The number of nitrogens with zero attached hydrogens (tertiary/aromatic N) is 2. The van der Waals surface area contributed by atoms with Crippen molar-refractivity contribution in [2.75, 3.05) is 13.1 Å². The first-order chi connectivity index (χ1) is 9.60. The minimum Gasteiger partial charge on any atom is -0.342 e. The van der Waals surface area contributed by atoms with E-state index < -0.39 is 4.92 Å². The maximum Gasteiger partial charge on any atom is 0.269 e. The summed E-state index contributed by atoms with van der Waals surface area (Å²) < 4.78 is 0. The summed E-state index contributed by atoms with van der Waals surface area (Å²) in [5.74, 6) is 0.801. The molecule has 1 saturated carbocycles. The van der Waals surface area contributed by atoms with Gasteiger partial charge < -0.3 is 4.90 Å². The second-order valence-electron chi connectivity index (χ2n) is 5.38. The van der Waals surface area contributed by atoms with Crippen molar-refractivity contribution in [2.24, 2.45) is 5.92 Å². The van der Waals surface area contributed by atoms with Crippen LogP contribution in [0, 0.1) is 16.0 Å². The van der Waals surface area contributed by atoms with Crippen LogP contribution in [-0.4, -0.2) is 28.8 Å². The Hall–Kier alpha value is -1.91. The molecule has 108 valence electrons. The molecule has 20 heavy (non-hydrogen) atoms. The molecule has 0 atom stereocenters. The smallest absolute Gasteiger partial charge is 0.269 e. The molecular weight excluding hydrogens is 256 g/mol. The minimum absolute atomic E-state index is 0.0598. The number of hydrogen-bond acceptors (Lipinski definition) is 3. The molecule has 0 spiro atoms. The fourth-order valence-electron chi connectivity index (χ4n) is 2.22. The molecule has 5 heteroatoms. The molecule has 1 aliphatic rings. The highest BCUT2D eigenvalue weighted by atomic mass is 16.6. The molecule has 0 saturated heterocycles. The molecule has 1 aromatic rings. The zero-order valence-corrected chi connectivity index (χ0v) is 11.7. The molecular formula is C15H20N2O3. The predicted molar refractivity (Wildman–Crippen MR) is 76.4 cm³/mol. The Balaban J connectivity index is 1.95. The number of carbonyl (C=O) groups excluding carboxylic acids is 1. The lowest BCUT2D eigenvalue weighted by Crippen LogP contribution is -2.34. The van der Waals surface area contributed by atoms with Gasteiger partial charge in [0, 0.05) is 25.2 Å². The van der Waals surface area contributed by atoms with Crippen molar-refractivity contribution in [3.63, 3.8) is 0 Å². The highest BCUT2D eigenvalue weighted by Gasteiger charge is 2.26. The van der Waals surface area contributed by atoms with Gasteiger partial charge in [0.15, 0.2) is 0 Å². The second-order valence-corrected chi connectivity index (χ2v) is 5.38. The lowest BCUT2D eigenvalue weighted by atomic mass is 10.1. The van der Waals surface area contributed by atoms with Gasteiger partial charge in [-0.1, -0.05) is 19.1 Å². The summed E-state index contributed by atoms with van der Waals surface area (Å²) >= 11 is 0. The van der Waals surface area contributed by atoms with Gasteiger partial charge in [-0.15, -0.1) is 0 Å². The summed E-state index contributed by atoms with van der Waals surface area (Å²) in [5, 5.41) is 10.6. The summed E-state index contributed by atoms with van der Waals surface area (Å²) in [6.07, 6.45) is 3.74. The first-order valence-electron chi connectivity index (χ1n) is 7.11. The van der Waals surface area contributed by atoms with Gasteiger partial charge in [0.1, 0.15) is 0 Å². The van der Waals surface area contributed by atoms with E-state index in [0.717, 1.165) is 25.1 Å². The quantitative estimate of drug-likeness (QED) is 0.568. The Bertz CT molecular complexity index is 480. The monoisotopic (exact) mass is 276 g/mol. The molecule has 2 rings (SSSR count). The Labute approximate surface area is 118 Å². The minimum atomic E-state index is -0.428. The Kier molecular flexibility index (Phi) is 4.71. The normalized spacial score (nSPS) is 14.1. The third-order valence-corrected chi connectivity index (χ3v) is 3.52. The average Bonchev–Trinajstić information content (AvgIpc) is 3.23. The van der Waals surface area contributed by atoms with E-state index in [4.69, 9.17) is 0 Å². The summed E-state index contributed by atoms with van der Waals surface area (Å²) in [5.41, 5.74) is 0.891. The van der Waals surface area contributed by atoms with E-state index in [1.807, 2.05) is 4.90 Å². The summed E-state index contributed by atoms with van der Waals surface area (Å²) in [4.78, 5) is 24.4.